The number of hydrogen-bond donors (Lipinski definition) is 1. The number of morpholine rings is 1. The summed E-state index contributed by atoms with van der Waals surface area (Å²) in [5, 5.41) is 7.97. The van der Waals surface area contributed by atoms with Crippen molar-refractivity contribution < 1.29 is 14.1 Å². The van der Waals surface area contributed by atoms with Crippen molar-refractivity contribution in [1.82, 2.24) is 10.1 Å². The van der Waals surface area contributed by atoms with Gasteiger partial charge in [-0.05, 0) is 48.7 Å². The predicted molar refractivity (Wildman–Crippen MR) is 108 cm³/mol. The zero-order valence-electron chi connectivity index (χ0n) is 16.3. The topological polar surface area (TPSA) is 67.6 Å². The lowest BCUT2D eigenvalue weighted by atomic mass is 10.1. The van der Waals surface area contributed by atoms with Gasteiger partial charge in [0, 0.05) is 30.7 Å². The van der Waals surface area contributed by atoms with E-state index in [4.69, 9.17) is 9.26 Å². The Morgan fingerprint density at radius 1 is 1.14 bits per heavy atom. The molecule has 1 amide bonds. The van der Waals surface area contributed by atoms with Crippen LogP contribution in [0.15, 0.2) is 40.9 Å². The maximum Gasteiger partial charge on any atom is 0.230 e. The van der Waals surface area contributed by atoms with Crippen molar-refractivity contribution >= 4 is 22.6 Å². The van der Waals surface area contributed by atoms with E-state index in [9.17, 15) is 4.79 Å². The van der Waals surface area contributed by atoms with Crippen LogP contribution in [0.25, 0.3) is 11.0 Å². The summed E-state index contributed by atoms with van der Waals surface area (Å²) in [6.45, 7) is 8.44. The summed E-state index contributed by atoms with van der Waals surface area (Å²) < 4.78 is 10.8. The fourth-order valence-electron chi connectivity index (χ4n) is 3.64. The lowest BCUT2D eigenvalue weighted by Gasteiger charge is -2.26. The summed E-state index contributed by atoms with van der Waals surface area (Å²) in [6.07, 6.45) is 0.186. The third-order valence-corrected chi connectivity index (χ3v) is 5.05. The number of fused-ring (bicyclic) bond motifs is 1. The smallest absolute Gasteiger partial charge is 0.230 e. The van der Waals surface area contributed by atoms with E-state index in [1.165, 1.54) is 5.56 Å². The van der Waals surface area contributed by atoms with E-state index in [1.54, 1.807) is 0 Å². The van der Waals surface area contributed by atoms with Crippen molar-refractivity contribution in [1.29, 1.82) is 0 Å². The molecule has 2 heterocycles. The van der Waals surface area contributed by atoms with Gasteiger partial charge in [0.05, 0.1) is 19.6 Å². The highest BCUT2D eigenvalue weighted by atomic mass is 16.5. The van der Waals surface area contributed by atoms with E-state index in [0.717, 1.165) is 60.6 Å². The summed E-state index contributed by atoms with van der Waals surface area (Å²) in [6, 6.07) is 12.1. The fourth-order valence-corrected chi connectivity index (χ4v) is 3.64. The first-order chi connectivity index (χ1) is 13.6. The second-order valence-electron chi connectivity index (χ2n) is 7.40. The average Bonchev–Trinajstić information content (AvgIpc) is 3.07. The molecule has 1 N–H and O–H groups in total. The standard InChI is InChI=1S/C22H25N3O3/c1-15-11-16(2)22-19(12-15)20(24-28-22)13-21(26)23-18-5-3-17(4-6-18)14-25-7-9-27-10-8-25/h3-6,11-12H,7-10,13-14H2,1-2H3,(H,23,26). The molecule has 146 valence electrons. The van der Waals surface area contributed by atoms with Crippen LogP contribution in [-0.4, -0.2) is 42.3 Å². The molecule has 6 nitrogen and oxygen atoms in total. The first-order valence-corrected chi connectivity index (χ1v) is 9.63. The van der Waals surface area contributed by atoms with E-state index in [-0.39, 0.29) is 12.3 Å². The number of aryl methyl sites for hydroxylation is 2. The van der Waals surface area contributed by atoms with Gasteiger partial charge < -0.3 is 14.6 Å². The molecule has 2 aromatic carbocycles. The van der Waals surface area contributed by atoms with Gasteiger partial charge >= 0.3 is 0 Å². The Hall–Kier alpha value is -2.70. The average molecular weight is 379 g/mol. The van der Waals surface area contributed by atoms with Crippen molar-refractivity contribution in [3.63, 3.8) is 0 Å². The van der Waals surface area contributed by atoms with Crippen LogP contribution in [-0.2, 0) is 22.5 Å². The molecule has 1 aliphatic heterocycles. The maximum atomic E-state index is 12.5. The van der Waals surface area contributed by atoms with Crippen molar-refractivity contribution in [2.24, 2.45) is 0 Å². The normalized spacial score (nSPS) is 15.1. The molecular weight excluding hydrogens is 354 g/mol. The van der Waals surface area contributed by atoms with Crippen LogP contribution in [0.5, 0.6) is 0 Å². The van der Waals surface area contributed by atoms with Crippen molar-refractivity contribution in [2.75, 3.05) is 31.6 Å². The third kappa shape index (κ3) is 4.24. The molecule has 1 aliphatic rings. The largest absolute Gasteiger partial charge is 0.379 e. The molecule has 3 aromatic rings. The molecule has 0 atom stereocenters. The number of anilines is 1. The second-order valence-corrected chi connectivity index (χ2v) is 7.40. The number of amides is 1. The maximum absolute atomic E-state index is 12.5. The van der Waals surface area contributed by atoms with Crippen molar-refractivity contribution in [3.05, 3.63) is 58.8 Å². The molecule has 6 heteroatoms. The Morgan fingerprint density at radius 2 is 1.89 bits per heavy atom. The van der Waals surface area contributed by atoms with Crippen LogP contribution in [0.3, 0.4) is 0 Å². The van der Waals surface area contributed by atoms with Crippen LogP contribution in [0, 0.1) is 13.8 Å². The highest BCUT2D eigenvalue weighted by Crippen LogP contribution is 2.24. The van der Waals surface area contributed by atoms with Gasteiger partial charge in [-0.1, -0.05) is 23.4 Å². The molecule has 0 radical (unpaired) electrons. The molecule has 0 saturated carbocycles. The molecule has 1 fully saturated rings. The number of benzene rings is 2. The van der Waals surface area contributed by atoms with Crippen LogP contribution in [0.1, 0.15) is 22.4 Å². The Kier molecular flexibility index (Phi) is 5.41. The zero-order chi connectivity index (χ0) is 19.5. The number of aromatic nitrogens is 1. The number of ether oxygens (including phenoxy) is 1. The van der Waals surface area contributed by atoms with Gasteiger partial charge in [0.15, 0.2) is 5.58 Å². The Bertz CT molecular complexity index is 973. The monoisotopic (exact) mass is 379 g/mol. The highest BCUT2D eigenvalue weighted by Gasteiger charge is 2.15. The summed E-state index contributed by atoms with van der Waals surface area (Å²) in [5.41, 5.74) is 5.60. The van der Waals surface area contributed by atoms with E-state index < -0.39 is 0 Å². The Balaban J connectivity index is 1.38. The second kappa shape index (κ2) is 8.12. The van der Waals surface area contributed by atoms with Crippen molar-refractivity contribution in [3.8, 4) is 0 Å². The van der Waals surface area contributed by atoms with Gasteiger partial charge in [0.25, 0.3) is 0 Å². The summed E-state index contributed by atoms with van der Waals surface area (Å²) in [4.78, 5) is 14.9. The van der Waals surface area contributed by atoms with Gasteiger partial charge in [0.1, 0.15) is 5.69 Å². The predicted octanol–water partition coefficient (Wildman–Crippen LogP) is 3.46. The molecule has 28 heavy (non-hydrogen) atoms. The Labute approximate surface area is 164 Å². The molecule has 0 spiro atoms. The van der Waals surface area contributed by atoms with Gasteiger partial charge in [-0.25, -0.2) is 0 Å². The fraction of sp³-hybridized carbons (Fsp3) is 0.364. The van der Waals surface area contributed by atoms with Gasteiger partial charge in [-0.2, -0.15) is 0 Å². The van der Waals surface area contributed by atoms with Gasteiger partial charge in [-0.15, -0.1) is 0 Å². The Morgan fingerprint density at radius 3 is 2.64 bits per heavy atom. The number of nitrogens with one attached hydrogen (secondary N) is 1. The number of hydrogen-bond acceptors (Lipinski definition) is 5. The molecule has 1 saturated heterocycles. The van der Waals surface area contributed by atoms with Crippen LogP contribution >= 0.6 is 0 Å². The van der Waals surface area contributed by atoms with Gasteiger partial charge in [0.2, 0.25) is 5.91 Å². The quantitative estimate of drug-likeness (QED) is 0.735. The molecule has 0 aliphatic carbocycles. The van der Waals surface area contributed by atoms with Crippen molar-refractivity contribution in [2.45, 2.75) is 26.8 Å². The number of carbonyl (C=O) groups excluding carboxylic acids is 1. The van der Waals surface area contributed by atoms with E-state index in [0.29, 0.717) is 5.69 Å². The molecule has 0 bridgehead atoms. The minimum Gasteiger partial charge on any atom is -0.379 e. The summed E-state index contributed by atoms with van der Waals surface area (Å²) in [7, 11) is 0. The van der Waals surface area contributed by atoms with Crippen LogP contribution in [0.2, 0.25) is 0 Å². The lowest BCUT2D eigenvalue weighted by Crippen LogP contribution is -2.35. The number of nitrogens with zero attached hydrogens (tertiary/aromatic N) is 2. The minimum atomic E-state index is -0.102. The molecule has 0 unspecified atom stereocenters. The van der Waals surface area contributed by atoms with Crippen LogP contribution < -0.4 is 5.32 Å². The molecule has 1 aromatic heterocycles. The third-order valence-electron chi connectivity index (χ3n) is 5.05. The number of carbonyl (C=O) groups is 1. The molecule has 4 rings (SSSR count). The zero-order valence-corrected chi connectivity index (χ0v) is 16.3. The number of rotatable bonds is 5. The van der Waals surface area contributed by atoms with E-state index >= 15 is 0 Å². The first-order valence-electron chi connectivity index (χ1n) is 9.63. The van der Waals surface area contributed by atoms with E-state index in [1.807, 2.05) is 32.0 Å². The summed E-state index contributed by atoms with van der Waals surface area (Å²) >= 11 is 0. The lowest BCUT2D eigenvalue weighted by molar-refractivity contribution is -0.115. The van der Waals surface area contributed by atoms with Gasteiger partial charge in [-0.3, -0.25) is 9.69 Å². The SMILES string of the molecule is Cc1cc(C)c2onc(CC(=O)Nc3ccc(CN4CCOCC4)cc3)c2c1. The van der Waals surface area contributed by atoms with Crippen LogP contribution in [0.4, 0.5) is 5.69 Å². The van der Waals surface area contributed by atoms with E-state index in [2.05, 4.69) is 33.6 Å². The first kappa shape index (κ1) is 18.7. The summed E-state index contributed by atoms with van der Waals surface area (Å²) in [5.74, 6) is -0.102. The molecular formula is C22H25N3O3. The minimum absolute atomic E-state index is 0.102. The highest BCUT2D eigenvalue weighted by molar-refractivity contribution is 5.95.